The Bertz CT molecular complexity index is 439. The highest BCUT2D eigenvalue weighted by Crippen LogP contribution is 2.26. The number of nitrogens with one attached hydrogen (secondary N) is 1. The van der Waals surface area contributed by atoms with Crippen LogP contribution in [-0.4, -0.2) is 12.5 Å². The van der Waals surface area contributed by atoms with Crippen molar-refractivity contribution < 1.29 is 4.79 Å². The van der Waals surface area contributed by atoms with Crippen molar-refractivity contribution in [3.63, 3.8) is 0 Å². The zero-order valence-corrected chi connectivity index (χ0v) is 11.3. The fourth-order valence-corrected chi connectivity index (χ4v) is 2.81. The highest BCUT2D eigenvalue weighted by molar-refractivity contribution is 5.99. The van der Waals surface area contributed by atoms with Crippen LogP contribution in [-0.2, 0) is 0 Å². The molecule has 4 heteroatoms. The van der Waals surface area contributed by atoms with E-state index in [1.165, 1.54) is 32.1 Å². The molecular weight excluding hydrogens is 238 g/mol. The van der Waals surface area contributed by atoms with E-state index in [1.807, 2.05) is 6.07 Å². The molecule has 1 fully saturated rings. The summed E-state index contributed by atoms with van der Waals surface area (Å²) in [5.74, 6) is 0.388. The maximum absolute atomic E-state index is 11.4. The number of hydrogen-bond donors (Lipinski definition) is 3. The predicted octanol–water partition coefficient (Wildman–Crippen LogP) is 2.75. The summed E-state index contributed by atoms with van der Waals surface area (Å²) in [4.78, 5) is 11.4. The van der Waals surface area contributed by atoms with Gasteiger partial charge in [0.25, 0.3) is 5.91 Å². The SMILES string of the molecule is NC(=O)c1cc(N)ccc1NCCC1CCCCC1. The molecule has 0 aromatic heterocycles. The number of carbonyl (C=O) groups is 1. The first-order valence-electron chi connectivity index (χ1n) is 7.10. The smallest absolute Gasteiger partial charge is 0.250 e. The van der Waals surface area contributed by atoms with Gasteiger partial charge in [0.1, 0.15) is 0 Å². The predicted molar refractivity (Wildman–Crippen MR) is 79.1 cm³/mol. The summed E-state index contributed by atoms with van der Waals surface area (Å²) in [5.41, 5.74) is 12.9. The molecule has 0 atom stereocenters. The topological polar surface area (TPSA) is 81.1 Å². The third-order valence-corrected chi connectivity index (χ3v) is 3.90. The van der Waals surface area contributed by atoms with E-state index in [1.54, 1.807) is 12.1 Å². The molecule has 4 nitrogen and oxygen atoms in total. The zero-order chi connectivity index (χ0) is 13.7. The Labute approximate surface area is 114 Å². The number of nitrogens with two attached hydrogens (primary N) is 2. The van der Waals surface area contributed by atoms with Gasteiger partial charge in [0.2, 0.25) is 0 Å². The Balaban J connectivity index is 1.89. The van der Waals surface area contributed by atoms with Gasteiger partial charge in [-0.2, -0.15) is 0 Å². The number of nitrogen functional groups attached to an aromatic ring is 1. The molecule has 0 heterocycles. The summed E-state index contributed by atoms with van der Waals surface area (Å²) in [6, 6.07) is 5.25. The van der Waals surface area contributed by atoms with E-state index in [2.05, 4.69) is 5.32 Å². The van der Waals surface area contributed by atoms with Crippen LogP contribution in [0.4, 0.5) is 11.4 Å². The number of benzene rings is 1. The molecule has 1 saturated carbocycles. The second kappa shape index (κ2) is 6.45. The molecule has 0 unspecified atom stereocenters. The van der Waals surface area contributed by atoms with Crippen molar-refractivity contribution in [2.24, 2.45) is 11.7 Å². The van der Waals surface area contributed by atoms with Gasteiger partial charge in [-0.25, -0.2) is 0 Å². The van der Waals surface area contributed by atoms with Crippen LogP contribution >= 0.6 is 0 Å². The lowest BCUT2D eigenvalue weighted by Crippen LogP contribution is -2.17. The van der Waals surface area contributed by atoms with Crippen LogP contribution in [0.2, 0.25) is 0 Å². The molecule has 1 aromatic rings. The summed E-state index contributed by atoms with van der Waals surface area (Å²) >= 11 is 0. The van der Waals surface area contributed by atoms with Gasteiger partial charge in [-0.15, -0.1) is 0 Å². The number of rotatable bonds is 5. The quantitative estimate of drug-likeness (QED) is 0.713. The van der Waals surface area contributed by atoms with Crippen molar-refractivity contribution in [3.05, 3.63) is 23.8 Å². The van der Waals surface area contributed by atoms with E-state index >= 15 is 0 Å². The summed E-state index contributed by atoms with van der Waals surface area (Å²) in [6.45, 7) is 0.884. The monoisotopic (exact) mass is 261 g/mol. The van der Waals surface area contributed by atoms with E-state index in [9.17, 15) is 4.79 Å². The summed E-state index contributed by atoms with van der Waals surface area (Å²) in [6.07, 6.45) is 7.94. The molecule has 1 aliphatic rings. The van der Waals surface area contributed by atoms with Crippen molar-refractivity contribution in [1.82, 2.24) is 0 Å². The lowest BCUT2D eigenvalue weighted by molar-refractivity contribution is 0.100. The largest absolute Gasteiger partial charge is 0.399 e. The van der Waals surface area contributed by atoms with Crippen LogP contribution in [0.1, 0.15) is 48.9 Å². The van der Waals surface area contributed by atoms with E-state index < -0.39 is 5.91 Å². The molecule has 0 saturated heterocycles. The van der Waals surface area contributed by atoms with Crippen molar-refractivity contribution >= 4 is 17.3 Å². The van der Waals surface area contributed by atoms with E-state index in [0.717, 1.165) is 24.6 Å². The number of primary amides is 1. The summed E-state index contributed by atoms with van der Waals surface area (Å²) in [7, 11) is 0. The first-order valence-corrected chi connectivity index (χ1v) is 7.10. The van der Waals surface area contributed by atoms with E-state index in [0.29, 0.717) is 11.3 Å². The zero-order valence-electron chi connectivity index (χ0n) is 11.3. The van der Waals surface area contributed by atoms with Crippen molar-refractivity contribution in [3.8, 4) is 0 Å². The van der Waals surface area contributed by atoms with E-state index in [4.69, 9.17) is 11.5 Å². The Hall–Kier alpha value is -1.71. The molecule has 0 spiro atoms. The summed E-state index contributed by atoms with van der Waals surface area (Å²) in [5, 5.41) is 3.31. The maximum Gasteiger partial charge on any atom is 0.250 e. The molecule has 1 amide bonds. The van der Waals surface area contributed by atoms with Gasteiger partial charge in [0.05, 0.1) is 5.56 Å². The molecule has 0 aliphatic heterocycles. The molecule has 1 aliphatic carbocycles. The minimum atomic E-state index is -0.438. The van der Waals surface area contributed by atoms with Gasteiger partial charge in [-0.1, -0.05) is 32.1 Å². The van der Waals surface area contributed by atoms with Crippen LogP contribution in [0, 0.1) is 5.92 Å². The number of carbonyl (C=O) groups excluding carboxylic acids is 1. The van der Waals surface area contributed by atoms with E-state index in [-0.39, 0.29) is 0 Å². The standard InChI is InChI=1S/C15H23N3O/c16-12-6-7-14(13(10-12)15(17)19)18-9-8-11-4-2-1-3-5-11/h6-7,10-11,18H,1-5,8-9,16H2,(H2,17,19). The fraction of sp³-hybridized carbons (Fsp3) is 0.533. The molecule has 1 aromatic carbocycles. The van der Waals surface area contributed by atoms with Gasteiger partial charge in [-0.3, -0.25) is 4.79 Å². The molecule has 19 heavy (non-hydrogen) atoms. The molecule has 104 valence electrons. The third kappa shape index (κ3) is 3.88. The third-order valence-electron chi connectivity index (χ3n) is 3.90. The second-order valence-electron chi connectivity index (χ2n) is 5.39. The van der Waals surface area contributed by atoms with Gasteiger partial charge >= 0.3 is 0 Å². The fourth-order valence-electron chi connectivity index (χ4n) is 2.81. The Morgan fingerprint density at radius 2 is 2.00 bits per heavy atom. The Morgan fingerprint density at radius 1 is 1.26 bits per heavy atom. The van der Waals surface area contributed by atoms with Crippen LogP contribution in [0.3, 0.4) is 0 Å². The van der Waals surface area contributed by atoms with Crippen molar-refractivity contribution in [2.45, 2.75) is 38.5 Å². The van der Waals surface area contributed by atoms with Crippen molar-refractivity contribution in [2.75, 3.05) is 17.6 Å². The second-order valence-corrected chi connectivity index (χ2v) is 5.39. The molecule has 0 bridgehead atoms. The van der Waals surface area contributed by atoms with Gasteiger partial charge in [0.15, 0.2) is 0 Å². The minimum Gasteiger partial charge on any atom is -0.399 e. The first kappa shape index (κ1) is 13.7. The minimum absolute atomic E-state index is 0.438. The average molecular weight is 261 g/mol. The lowest BCUT2D eigenvalue weighted by Gasteiger charge is -2.22. The Morgan fingerprint density at radius 3 is 2.68 bits per heavy atom. The molecule has 2 rings (SSSR count). The molecule has 5 N–H and O–H groups in total. The van der Waals surface area contributed by atoms with Crippen LogP contribution < -0.4 is 16.8 Å². The van der Waals surface area contributed by atoms with Gasteiger partial charge < -0.3 is 16.8 Å². The number of amides is 1. The number of anilines is 2. The lowest BCUT2D eigenvalue weighted by atomic mass is 9.87. The van der Waals surface area contributed by atoms with Crippen molar-refractivity contribution in [1.29, 1.82) is 0 Å². The van der Waals surface area contributed by atoms with Gasteiger partial charge in [0, 0.05) is 17.9 Å². The van der Waals surface area contributed by atoms with Crippen LogP contribution in [0.15, 0.2) is 18.2 Å². The first-order chi connectivity index (χ1) is 9.16. The molecule has 0 radical (unpaired) electrons. The highest BCUT2D eigenvalue weighted by Gasteiger charge is 2.13. The number of hydrogen-bond acceptors (Lipinski definition) is 3. The summed E-state index contributed by atoms with van der Waals surface area (Å²) < 4.78 is 0. The van der Waals surface area contributed by atoms with Crippen LogP contribution in [0.25, 0.3) is 0 Å². The average Bonchev–Trinajstić information content (AvgIpc) is 2.41. The normalized spacial score (nSPS) is 16.2. The Kier molecular flexibility index (Phi) is 4.66. The van der Waals surface area contributed by atoms with Gasteiger partial charge in [-0.05, 0) is 30.5 Å². The highest BCUT2D eigenvalue weighted by atomic mass is 16.1. The van der Waals surface area contributed by atoms with Crippen LogP contribution in [0.5, 0.6) is 0 Å². The molecular formula is C15H23N3O. The maximum atomic E-state index is 11.4.